The minimum atomic E-state index is -1.10. The Kier molecular flexibility index (Phi) is 2.80. The molecule has 0 bridgehead atoms. The molecule has 0 aliphatic carbocycles. The Morgan fingerprint density at radius 2 is 2.00 bits per heavy atom. The lowest BCUT2D eigenvalue weighted by Crippen LogP contribution is -2.07. The molecule has 92 valence electrons. The molecule has 1 aromatic carbocycles. The molecule has 0 radical (unpaired) electrons. The van der Waals surface area contributed by atoms with Gasteiger partial charge in [0.25, 0.3) is 5.69 Å². The number of rotatable bonds is 3. The van der Waals surface area contributed by atoms with Crippen LogP contribution in [0.1, 0.15) is 16.2 Å². The van der Waals surface area contributed by atoms with Crippen LogP contribution in [0.4, 0.5) is 5.69 Å². The van der Waals surface area contributed by atoms with E-state index < -0.39 is 10.9 Å². The average Bonchev–Trinajstić information content (AvgIpc) is 2.71. The molecule has 7 nitrogen and oxygen atoms in total. The van der Waals surface area contributed by atoms with Crippen LogP contribution in [0.5, 0.6) is 0 Å². The van der Waals surface area contributed by atoms with Gasteiger partial charge in [-0.25, -0.2) is 9.48 Å². The maximum Gasteiger partial charge on any atom is 0.354 e. The first-order valence-corrected chi connectivity index (χ1v) is 5.04. The van der Waals surface area contributed by atoms with Crippen LogP contribution in [0.25, 0.3) is 5.69 Å². The highest BCUT2D eigenvalue weighted by Crippen LogP contribution is 2.17. The van der Waals surface area contributed by atoms with E-state index in [1.807, 2.05) is 0 Å². The molecule has 0 amide bonds. The largest absolute Gasteiger partial charge is 0.477 e. The van der Waals surface area contributed by atoms with Crippen molar-refractivity contribution in [1.82, 2.24) is 9.78 Å². The van der Waals surface area contributed by atoms with Crippen LogP contribution >= 0.6 is 0 Å². The predicted octanol–water partition coefficient (Wildman–Crippen LogP) is 1.79. The van der Waals surface area contributed by atoms with Crippen molar-refractivity contribution in [2.24, 2.45) is 0 Å². The summed E-state index contributed by atoms with van der Waals surface area (Å²) in [5, 5.41) is 23.6. The second kappa shape index (κ2) is 4.28. The number of benzene rings is 1. The van der Waals surface area contributed by atoms with Gasteiger partial charge in [0.05, 0.1) is 16.3 Å². The van der Waals surface area contributed by atoms with E-state index in [9.17, 15) is 14.9 Å². The van der Waals surface area contributed by atoms with Gasteiger partial charge in [-0.1, -0.05) is 0 Å². The number of nitro groups is 1. The van der Waals surface area contributed by atoms with Crippen molar-refractivity contribution in [2.75, 3.05) is 0 Å². The number of carboxylic acids is 1. The van der Waals surface area contributed by atoms with Gasteiger partial charge in [-0.05, 0) is 25.1 Å². The molecule has 0 atom stereocenters. The molecule has 2 rings (SSSR count). The first-order valence-electron chi connectivity index (χ1n) is 5.04. The van der Waals surface area contributed by atoms with Crippen molar-refractivity contribution in [1.29, 1.82) is 0 Å². The normalized spacial score (nSPS) is 10.3. The Morgan fingerprint density at radius 3 is 2.50 bits per heavy atom. The molecule has 7 heteroatoms. The van der Waals surface area contributed by atoms with Crippen molar-refractivity contribution < 1.29 is 14.8 Å². The zero-order valence-corrected chi connectivity index (χ0v) is 9.40. The summed E-state index contributed by atoms with van der Waals surface area (Å²) in [7, 11) is 0. The van der Waals surface area contributed by atoms with Crippen LogP contribution in [0.3, 0.4) is 0 Å². The second-order valence-corrected chi connectivity index (χ2v) is 3.66. The highest BCUT2D eigenvalue weighted by molar-refractivity contribution is 5.86. The summed E-state index contributed by atoms with van der Waals surface area (Å²) in [6, 6.07) is 6.95. The SMILES string of the molecule is Cc1cc(C(=O)O)n(-c2ccc([N+](=O)[O-])cc2)n1. The third kappa shape index (κ3) is 2.05. The molecule has 0 saturated carbocycles. The summed E-state index contributed by atoms with van der Waals surface area (Å²) < 4.78 is 1.24. The highest BCUT2D eigenvalue weighted by atomic mass is 16.6. The first kappa shape index (κ1) is 11.8. The van der Waals surface area contributed by atoms with Gasteiger partial charge in [-0.3, -0.25) is 10.1 Å². The smallest absolute Gasteiger partial charge is 0.354 e. The van der Waals surface area contributed by atoms with Crippen molar-refractivity contribution in [2.45, 2.75) is 6.92 Å². The van der Waals surface area contributed by atoms with Gasteiger partial charge in [0, 0.05) is 12.1 Å². The molecule has 1 aromatic heterocycles. The van der Waals surface area contributed by atoms with Gasteiger partial charge < -0.3 is 5.11 Å². The Morgan fingerprint density at radius 1 is 1.39 bits per heavy atom. The highest BCUT2D eigenvalue weighted by Gasteiger charge is 2.14. The number of carboxylic acid groups (broad SMARTS) is 1. The number of hydrogen-bond donors (Lipinski definition) is 1. The van der Waals surface area contributed by atoms with Gasteiger partial charge in [-0.2, -0.15) is 5.10 Å². The van der Waals surface area contributed by atoms with Crippen molar-refractivity contribution in [3.05, 3.63) is 51.8 Å². The zero-order valence-electron chi connectivity index (χ0n) is 9.40. The van der Waals surface area contributed by atoms with Crippen LogP contribution < -0.4 is 0 Å². The third-order valence-corrected chi connectivity index (χ3v) is 2.36. The lowest BCUT2D eigenvalue weighted by atomic mass is 10.3. The third-order valence-electron chi connectivity index (χ3n) is 2.36. The molecular weight excluding hydrogens is 238 g/mol. The Labute approximate surface area is 101 Å². The van der Waals surface area contributed by atoms with E-state index in [0.29, 0.717) is 11.4 Å². The molecule has 0 spiro atoms. The van der Waals surface area contributed by atoms with E-state index >= 15 is 0 Å². The summed E-state index contributed by atoms with van der Waals surface area (Å²) >= 11 is 0. The number of nitrogens with zero attached hydrogens (tertiary/aromatic N) is 3. The van der Waals surface area contributed by atoms with Crippen molar-refractivity contribution >= 4 is 11.7 Å². The Hall–Kier alpha value is -2.70. The van der Waals surface area contributed by atoms with Crippen molar-refractivity contribution in [3.8, 4) is 5.69 Å². The van der Waals surface area contributed by atoms with E-state index in [2.05, 4.69) is 5.10 Å². The number of aromatic carboxylic acids is 1. The minimum absolute atomic E-state index is 0.0151. The van der Waals surface area contributed by atoms with Gasteiger partial charge in [-0.15, -0.1) is 0 Å². The van der Waals surface area contributed by atoms with E-state index in [0.717, 1.165) is 0 Å². The molecule has 1 N–H and O–H groups in total. The van der Waals surface area contributed by atoms with Gasteiger partial charge in [0.1, 0.15) is 0 Å². The molecule has 0 unspecified atom stereocenters. The molecular formula is C11H9N3O4. The molecule has 18 heavy (non-hydrogen) atoms. The minimum Gasteiger partial charge on any atom is -0.477 e. The molecule has 1 heterocycles. The number of non-ortho nitro benzene ring substituents is 1. The summed E-state index contributed by atoms with van der Waals surface area (Å²) in [6.45, 7) is 1.67. The van der Waals surface area contributed by atoms with Crippen LogP contribution in [-0.2, 0) is 0 Å². The number of hydrogen-bond acceptors (Lipinski definition) is 4. The maximum absolute atomic E-state index is 11.0. The second-order valence-electron chi connectivity index (χ2n) is 3.66. The fraction of sp³-hybridized carbons (Fsp3) is 0.0909. The van der Waals surface area contributed by atoms with Crippen LogP contribution in [0.2, 0.25) is 0 Å². The van der Waals surface area contributed by atoms with E-state index in [4.69, 9.17) is 5.11 Å². The monoisotopic (exact) mass is 247 g/mol. The number of aromatic nitrogens is 2. The standard InChI is InChI=1S/C11H9N3O4/c1-7-6-10(11(15)16)13(12-7)8-2-4-9(5-3-8)14(17)18/h2-6H,1H3,(H,15,16). The first-order chi connectivity index (χ1) is 8.49. The summed E-state index contributed by atoms with van der Waals surface area (Å²) in [6.07, 6.45) is 0. The fourth-order valence-electron chi connectivity index (χ4n) is 1.56. The van der Waals surface area contributed by atoms with E-state index in [1.54, 1.807) is 6.92 Å². The van der Waals surface area contributed by atoms with Crippen LogP contribution in [0.15, 0.2) is 30.3 Å². The summed E-state index contributed by atoms with van der Waals surface area (Å²) in [4.78, 5) is 21.0. The Bertz CT molecular complexity index is 616. The van der Waals surface area contributed by atoms with Gasteiger partial charge >= 0.3 is 5.97 Å². The van der Waals surface area contributed by atoms with Crippen LogP contribution in [0, 0.1) is 17.0 Å². The summed E-state index contributed by atoms with van der Waals surface area (Å²) in [5.41, 5.74) is 0.984. The Balaban J connectivity index is 2.48. The number of carbonyl (C=O) groups is 1. The van der Waals surface area contributed by atoms with Crippen LogP contribution in [-0.4, -0.2) is 25.8 Å². The summed E-state index contributed by atoms with van der Waals surface area (Å²) in [5.74, 6) is -1.10. The quantitative estimate of drug-likeness (QED) is 0.658. The zero-order chi connectivity index (χ0) is 13.3. The van der Waals surface area contributed by atoms with E-state index in [1.165, 1.54) is 35.0 Å². The van der Waals surface area contributed by atoms with Gasteiger partial charge in [0.2, 0.25) is 0 Å². The maximum atomic E-state index is 11.0. The molecule has 0 aliphatic rings. The van der Waals surface area contributed by atoms with E-state index in [-0.39, 0.29) is 11.4 Å². The fourth-order valence-corrected chi connectivity index (χ4v) is 1.56. The molecule has 0 saturated heterocycles. The number of aryl methyl sites for hydroxylation is 1. The molecule has 0 fully saturated rings. The van der Waals surface area contributed by atoms with Crippen molar-refractivity contribution in [3.63, 3.8) is 0 Å². The average molecular weight is 247 g/mol. The molecule has 0 aliphatic heterocycles. The lowest BCUT2D eigenvalue weighted by molar-refractivity contribution is -0.384. The predicted molar refractivity (Wildman–Crippen MR) is 61.9 cm³/mol. The molecule has 2 aromatic rings. The lowest BCUT2D eigenvalue weighted by Gasteiger charge is -2.03. The topological polar surface area (TPSA) is 98.3 Å². The number of nitro benzene ring substituents is 1. The van der Waals surface area contributed by atoms with Gasteiger partial charge in [0.15, 0.2) is 5.69 Å².